The van der Waals surface area contributed by atoms with Crippen molar-refractivity contribution in [3.63, 3.8) is 0 Å². The summed E-state index contributed by atoms with van der Waals surface area (Å²) in [6, 6.07) is 7.95. The number of Topliss-reactive ketones (excluding diaryl/α,β-unsaturated/α-hetero) is 1. The Bertz CT molecular complexity index is 658. The van der Waals surface area contributed by atoms with Crippen molar-refractivity contribution in [2.45, 2.75) is 19.9 Å². The first kappa shape index (κ1) is 14.6. The van der Waals surface area contributed by atoms with E-state index >= 15 is 0 Å². The highest BCUT2D eigenvalue weighted by Gasteiger charge is 2.30. The third kappa shape index (κ3) is 3.03. The zero-order valence-electron chi connectivity index (χ0n) is 11.8. The van der Waals surface area contributed by atoms with Gasteiger partial charge in [0, 0.05) is 16.8 Å². The van der Waals surface area contributed by atoms with Gasteiger partial charge in [-0.1, -0.05) is 18.2 Å². The summed E-state index contributed by atoms with van der Waals surface area (Å²) in [5.41, 5.74) is 1.64. The number of para-hydroxylation sites is 1. The number of allylic oxidation sites excluding steroid dienone is 1. The van der Waals surface area contributed by atoms with E-state index in [0.29, 0.717) is 22.6 Å². The standard InChI is InChI=1S/C15H15N3O3/c1-9-13(10(2)19)14(18-15(20)17-9)11-5-3-4-6-12(11)21-8-7-16/h3-6,14H,8H2,1-2H3,(H2,17,18,20)/t14-/m0/s1. The molecular formula is C15H15N3O3. The van der Waals surface area contributed by atoms with E-state index in [1.165, 1.54) is 6.92 Å². The van der Waals surface area contributed by atoms with E-state index in [1.807, 2.05) is 6.07 Å². The van der Waals surface area contributed by atoms with Crippen molar-refractivity contribution in [2.24, 2.45) is 0 Å². The van der Waals surface area contributed by atoms with Crippen LogP contribution in [0.25, 0.3) is 0 Å². The maximum absolute atomic E-state index is 11.9. The minimum atomic E-state index is -0.592. The molecule has 0 fully saturated rings. The molecule has 0 aromatic heterocycles. The lowest BCUT2D eigenvalue weighted by Gasteiger charge is -2.29. The molecule has 1 aliphatic rings. The van der Waals surface area contributed by atoms with E-state index in [-0.39, 0.29) is 18.4 Å². The van der Waals surface area contributed by atoms with Crippen molar-refractivity contribution in [3.05, 3.63) is 41.1 Å². The molecule has 6 heteroatoms. The summed E-state index contributed by atoms with van der Waals surface area (Å²) in [7, 11) is 0. The largest absolute Gasteiger partial charge is 0.478 e. The molecule has 1 heterocycles. The second-order valence-electron chi connectivity index (χ2n) is 4.61. The second-order valence-corrected chi connectivity index (χ2v) is 4.61. The van der Waals surface area contributed by atoms with E-state index < -0.39 is 6.04 Å². The highest BCUT2D eigenvalue weighted by molar-refractivity contribution is 5.98. The molecule has 2 rings (SSSR count). The highest BCUT2D eigenvalue weighted by atomic mass is 16.5. The molecule has 1 aromatic rings. The van der Waals surface area contributed by atoms with Crippen molar-refractivity contribution >= 4 is 11.8 Å². The van der Waals surface area contributed by atoms with E-state index in [4.69, 9.17) is 10.00 Å². The van der Waals surface area contributed by atoms with Gasteiger partial charge in [-0.05, 0) is 19.9 Å². The van der Waals surface area contributed by atoms with Crippen LogP contribution in [0.4, 0.5) is 4.79 Å². The molecule has 1 aromatic carbocycles. The first-order valence-electron chi connectivity index (χ1n) is 6.42. The quantitative estimate of drug-likeness (QED) is 0.882. The molecule has 0 unspecified atom stereocenters. The van der Waals surface area contributed by atoms with Crippen LogP contribution in [0.2, 0.25) is 0 Å². The summed E-state index contributed by atoms with van der Waals surface area (Å²) >= 11 is 0. The van der Waals surface area contributed by atoms with Crippen LogP contribution in [0.1, 0.15) is 25.5 Å². The number of amides is 2. The number of nitriles is 1. The Hall–Kier alpha value is -2.81. The average Bonchev–Trinajstić information content (AvgIpc) is 2.44. The number of ketones is 1. The smallest absolute Gasteiger partial charge is 0.319 e. The average molecular weight is 285 g/mol. The predicted molar refractivity (Wildman–Crippen MR) is 75.3 cm³/mol. The molecule has 0 radical (unpaired) electrons. The number of nitrogens with zero attached hydrogens (tertiary/aromatic N) is 1. The first-order chi connectivity index (χ1) is 10.0. The Labute approximate surface area is 122 Å². The molecule has 21 heavy (non-hydrogen) atoms. The van der Waals surface area contributed by atoms with Crippen molar-refractivity contribution < 1.29 is 14.3 Å². The number of ether oxygens (including phenoxy) is 1. The summed E-state index contributed by atoms with van der Waals surface area (Å²) in [4.78, 5) is 23.6. The van der Waals surface area contributed by atoms with Gasteiger partial charge in [-0.2, -0.15) is 5.26 Å². The number of benzene rings is 1. The molecule has 0 saturated carbocycles. The fraction of sp³-hybridized carbons (Fsp3) is 0.267. The lowest BCUT2D eigenvalue weighted by molar-refractivity contribution is -0.114. The topological polar surface area (TPSA) is 91.2 Å². The van der Waals surface area contributed by atoms with Gasteiger partial charge in [0.2, 0.25) is 0 Å². The van der Waals surface area contributed by atoms with Crippen LogP contribution >= 0.6 is 0 Å². The number of hydrogen-bond acceptors (Lipinski definition) is 4. The molecule has 0 aliphatic carbocycles. The van der Waals surface area contributed by atoms with Gasteiger partial charge in [0.1, 0.15) is 11.8 Å². The van der Waals surface area contributed by atoms with E-state index in [9.17, 15) is 9.59 Å². The molecule has 0 spiro atoms. The maximum atomic E-state index is 11.9. The summed E-state index contributed by atoms with van der Waals surface area (Å²) in [6.07, 6.45) is 0. The van der Waals surface area contributed by atoms with Crippen LogP contribution < -0.4 is 15.4 Å². The van der Waals surface area contributed by atoms with Gasteiger partial charge in [0.15, 0.2) is 12.4 Å². The van der Waals surface area contributed by atoms with Crippen molar-refractivity contribution in [3.8, 4) is 11.8 Å². The number of carbonyl (C=O) groups is 2. The molecular weight excluding hydrogens is 270 g/mol. The summed E-state index contributed by atoms with van der Waals surface area (Å²) in [5.74, 6) is 0.331. The number of carbonyl (C=O) groups excluding carboxylic acids is 2. The Morgan fingerprint density at radius 3 is 2.81 bits per heavy atom. The SMILES string of the molecule is CC(=O)C1=C(C)NC(=O)N[C@H]1c1ccccc1OCC#N. The molecule has 1 aliphatic heterocycles. The van der Waals surface area contributed by atoms with Gasteiger partial charge in [-0.25, -0.2) is 4.79 Å². The molecule has 0 saturated heterocycles. The van der Waals surface area contributed by atoms with E-state index in [0.717, 1.165) is 0 Å². The van der Waals surface area contributed by atoms with Crippen LogP contribution in [0.3, 0.4) is 0 Å². The molecule has 108 valence electrons. The van der Waals surface area contributed by atoms with Crippen LogP contribution in [0, 0.1) is 11.3 Å². The van der Waals surface area contributed by atoms with Crippen LogP contribution in [-0.4, -0.2) is 18.4 Å². The highest BCUT2D eigenvalue weighted by Crippen LogP contribution is 2.33. The second kappa shape index (κ2) is 6.09. The zero-order valence-corrected chi connectivity index (χ0v) is 11.8. The Kier molecular flexibility index (Phi) is 4.24. The van der Waals surface area contributed by atoms with Crippen LogP contribution in [0.15, 0.2) is 35.5 Å². The fourth-order valence-corrected chi connectivity index (χ4v) is 2.35. The summed E-state index contributed by atoms with van der Waals surface area (Å²) in [6.45, 7) is 3.03. The normalized spacial score (nSPS) is 17.6. The van der Waals surface area contributed by atoms with Crippen LogP contribution in [-0.2, 0) is 4.79 Å². The predicted octanol–water partition coefficient (Wildman–Crippen LogP) is 1.81. The van der Waals surface area contributed by atoms with Gasteiger partial charge in [-0.3, -0.25) is 4.79 Å². The third-order valence-corrected chi connectivity index (χ3v) is 3.17. The first-order valence-corrected chi connectivity index (χ1v) is 6.42. The van der Waals surface area contributed by atoms with Crippen molar-refractivity contribution in [2.75, 3.05) is 6.61 Å². The Morgan fingerprint density at radius 2 is 2.14 bits per heavy atom. The Balaban J connectivity index is 2.49. The van der Waals surface area contributed by atoms with Gasteiger partial charge in [-0.15, -0.1) is 0 Å². The van der Waals surface area contributed by atoms with Crippen molar-refractivity contribution in [1.82, 2.24) is 10.6 Å². The fourth-order valence-electron chi connectivity index (χ4n) is 2.35. The number of urea groups is 1. The minimum absolute atomic E-state index is 0.103. The molecule has 0 bridgehead atoms. The monoisotopic (exact) mass is 285 g/mol. The molecule has 2 amide bonds. The lowest BCUT2D eigenvalue weighted by Crippen LogP contribution is -2.44. The molecule has 1 atom stereocenters. The van der Waals surface area contributed by atoms with E-state index in [2.05, 4.69) is 10.6 Å². The minimum Gasteiger partial charge on any atom is -0.478 e. The lowest BCUT2D eigenvalue weighted by atomic mass is 9.92. The maximum Gasteiger partial charge on any atom is 0.319 e. The van der Waals surface area contributed by atoms with Gasteiger partial charge < -0.3 is 15.4 Å². The molecule has 6 nitrogen and oxygen atoms in total. The number of hydrogen-bond donors (Lipinski definition) is 2. The van der Waals surface area contributed by atoms with Gasteiger partial charge in [0.05, 0.1) is 6.04 Å². The van der Waals surface area contributed by atoms with Gasteiger partial charge >= 0.3 is 6.03 Å². The summed E-state index contributed by atoms with van der Waals surface area (Å²) in [5, 5.41) is 13.9. The summed E-state index contributed by atoms with van der Waals surface area (Å²) < 4.78 is 5.37. The van der Waals surface area contributed by atoms with Crippen molar-refractivity contribution in [1.29, 1.82) is 5.26 Å². The van der Waals surface area contributed by atoms with E-state index in [1.54, 1.807) is 31.2 Å². The zero-order chi connectivity index (χ0) is 15.4. The third-order valence-electron chi connectivity index (χ3n) is 3.17. The number of rotatable bonds is 4. The van der Waals surface area contributed by atoms with Crippen LogP contribution in [0.5, 0.6) is 5.75 Å². The van der Waals surface area contributed by atoms with Gasteiger partial charge in [0.25, 0.3) is 0 Å². The Morgan fingerprint density at radius 1 is 1.43 bits per heavy atom. The number of nitrogens with one attached hydrogen (secondary N) is 2. The molecule has 2 N–H and O–H groups in total.